The molecule has 132 valence electrons. The third-order valence-electron chi connectivity index (χ3n) is 3.86. The predicted molar refractivity (Wildman–Crippen MR) is 101 cm³/mol. The van der Waals surface area contributed by atoms with Gasteiger partial charge in [-0.3, -0.25) is 9.78 Å². The number of nitrogens with zero attached hydrogens (tertiary/aromatic N) is 4. The van der Waals surface area contributed by atoms with Crippen molar-refractivity contribution in [2.75, 3.05) is 11.4 Å². The smallest absolute Gasteiger partial charge is 0.270 e. The molecular formula is C20H21N5O. The van der Waals surface area contributed by atoms with Gasteiger partial charge >= 0.3 is 0 Å². The summed E-state index contributed by atoms with van der Waals surface area (Å²) in [4.78, 5) is 27.7. The van der Waals surface area contributed by atoms with Crippen LogP contribution in [-0.4, -0.2) is 27.4 Å². The van der Waals surface area contributed by atoms with Gasteiger partial charge in [0.25, 0.3) is 5.91 Å². The van der Waals surface area contributed by atoms with Gasteiger partial charge in [0, 0.05) is 24.1 Å². The fourth-order valence-electron chi connectivity index (χ4n) is 2.60. The number of pyridine rings is 1. The van der Waals surface area contributed by atoms with E-state index < -0.39 is 0 Å². The molecule has 0 spiro atoms. The molecule has 0 aliphatic heterocycles. The average Bonchev–Trinajstić information content (AvgIpc) is 2.68. The zero-order valence-electron chi connectivity index (χ0n) is 14.9. The number of rotatable bonds is 6. The molecule has 2 aromatic heterocycles. The first-order valence-electron chi connectivity index (χ1n) is 8.53. The van der Waals surface area contributed by atoms with Gasteiger partial charge in [0.15, 0.2) is 0 Å². The van der Waals surface area contributed by atoms with Crippen molar-refractivity contribution in [1.82, 2.24) is 20.3 Å². The molecule has 0 radical (unpaired) electrons. The molecule has 0 aliphatic rings. The van der Waals surface area contributed by atoms with E-state index in [1.165, 1.54) is 0 Å². The lowest BCUT2D eigenvalue weighted by Crippen LogP contribution is -2.26. The van der Waals surface area contributed by atoms with Crippen LogP contribution < -0.4 is 10.2 Å². The lowest BCUT2D eigenvalue weighted by molar-refractivity contribution is 0.0945. The number of benzene rings is 1. The molecule has 0 saturated carbocycles. The number of hydrogen-bond donors (Lipinski definition) is 1. The molecule has 0 saturated heterocycles. The van der Waals surface area contributed by atoms with E-state index in [9.17, 15) is 4.79 Å². The van der Waals surface area contributed by atoms with E-state index in [2.05, 4.69) is 20.3 Å². The number of carbonyl (C=O) groups is 1. The Labute approximate surface area is 153 Å². The lowest BCUT2D eigenvalue weighted by Gasteiger charge is -2.21. The molecule has 3 rings (SSSR count). The van der Waals surface area contributed by atoms with Crippen LogP contribution in [0.25, 0.3) is 0 Å². The van der Waals surface area contributed by atoms with Crippen LogP contribution in [0.15, 0.2) is 60.8 Å². The highest BCUT2D eigenvalue weighted by Gasteiger charge is 2.15. The number of aryl methyl sites for hydroxylation is 1. The molecule has 2 heterocycles. The van der Waals surface area contributed by atoms with E-state index >= 15 is 0 Å². The number of carbonyl (C=O) groups excluding carboxylic acids is 1. The number of para-hydroxylation sites is 1. The monoisotopic (exact) mass is 347 g/mol. The molecule has 1 aromatic carbocycles. The van der Waals surface area contributed by atoms with Crippen LogP contribution >= 0.6 is 0 Å². The molecule has 0 fully saturated rings. The third kappa shape index (κ3) is 4.22. The fraction of sp³-hybridized carbons (Fsp3) is 0.200. The van der Waals surface area contributed by atoms with Crippen LogP contribution in [0, 0.1) is 6.92 Å². The Morgan fingerprint density at radius 2 is 1.85 bits per heavy atom. The molecule has 6 heteroatoms. The van der Waals surface area contributed by atoms with Gasteiger partial charge in [0.2, 0.25) is 5.95 Å². The molecular weight excluding hydrogens is 326 g/mol. The first kappa shape index (κ1) is 17.5. The molecule has 6 nitrogen and oxygen atoms in total. The number of aromatic nitrogens is 3. The Bertz CT molecular complexity index is 868. The summed E-state index contributed by atoms with van der Waals surface area (Å²) in [6.07, 6.45) is 1.70. The maximum Gasteiger partial charge on any atom is 0.270 e. The molecule has 0 aliphatic carbocycles. The van der Waals surface area contributed by atoms with Crippen LogP contribution in [0.4, 0.5) is 11.6 Å². The largest absolute Gasteiger partial charge is 0.345 e. The minimum atomic E-state index is -0.244. The van der Waals surface area contributed by atoms with Crippen molar-refractivity contribution >= 4 is 17.5 Å². The predicted octanol–water partition coefficient (Wildman–Crippen LogP) is 3.27. The van der Waals surface area contributed by atoms with E-state index in [1.54, 1.807) is 12.3 Å². The summed E-state index contributed by atoms with van der Waals surface area (Å²) < 4.78 is 0. The molecule has 1 N–H and O–H groups in total. The summed E-state index contributed by atoms with van der Waals surface area (Å²) in [5.41, 5.74) is 2.87. The van der Waals surface area contributed by atoms with Gasteiger partial charge in [0.05, 0.1) is 12.2 Å². The van der Waals surface area contributed by atoms with E-state index in [-0.39, 0.29) is 5.91 Å². The van der Waals surface area contributed by atoms with Gasteiger partial charge in [-0.15, -0.1) is 0 Å². The highest BCUT2D eigenvalue weighted by molar-refractivity contribution is 5.92. The average molecular weight is 347 g/mol. The second-order valence-corrected chi connectivity index (χ2v) is 5.78. The Hall–Kier alpha value is -3.28. The van der Waals surface area contributed by atoms with Crippen molar-refractivity contribution in [2.45, 2.75) is 20.4 Å². The van der Waals surface area contributed by atoms with Gasteiger partial charge in [-0.25, -0.2) is 9.97 Å². The normalized spacial score (nSPS) is 10.4. The van der Waals surface area contributed by atoms with Gasteiger partial charge in [-0.1, -0.05) is 24.3 Å². The molecule has 0 atom stereocenters. The van der Waals surface area contributed by atoms with Crippen molar-refractivity contribution in [3.05, 3.63) is 77.9 Å². The maximum atomic E-state index is 12.5. The summed E-state index contributed by atoms with van der Waals surface area (Å²) in [5, 5.41) is 2.86. The topological polar surface area (TPSA) is 71.0 Å². The SMILES string of the molecule is CCN(c1ccccc1)c1nc(C)cc(C(=O)NCc2ccccn2)n1. The van der Waals surface area contributed by atoms with Crippen molar-refractivity contribution in [3.8, 4) is 0 Å². The quantitative estimate of drug-likeness (QED) is 0.741. The van der Waals surface area contributed by atoms with Gasteiger partial charge < -0.3 is 10.2 Å². The summed E-state index contributed by atoms with van der Waals surface area (Å²) in [6, 6.07) is 17.2. The zero-order valence-corrected chi connectivity index (χ0v) is 14.9. The van der Waals surface area contributed by atoms with E-state index in [0.717, 1.165) is 17.1 Å². The van der Waals surface area contributed by atoms with Crippen LogP contribution in [0.2, 0.25) is 0 Å². The summed E-state index contributed by atoms with van der Waals surface area (Å²) in [7, 11) is 0. The number of nitrogens with one attached hydrogen (secondary N) is 1. The van der Waals surface area contributed by atoms with Gasteiger partial charge in [-0.2, -0.15) is 0 Å². The van der Waals surface area contributed by atoms with E-state index in [4.69, 9.17) is 0 Å². The number of amides is 1. The van der Waals surface area contributed by atoms with Crippen LogP contribution in [0.1, 0.15) is 28.8 Å². The van der Waals surface area contributed by atoms with E-state index in [0.29, 0.717) is 24.7 Å². The van der Waals surface area contributed by atoms with Crippen molar-refractivity contribution in [3.63, 3.8) is 0 Å². The third-order valence-corrected chi connectivity index (χ3v) is 3.86. The van der Waals surface area contributed by atoms with Crippen molar-refractivity contribution < 1.29 is 4.79 Å². The van der Waals surface area contributed by atoms with Crippen LogP contribution in [0.5, 0.6) is 0 Å². The number of hydrogen-bond acceptors (Lipinski definition) is 5. The van der Waals surface area contributed by atoms with Gasteiger partial charge in [0.1, 0.15) is 5.69 Å². The standard InChI is InChI=1S/C20H21N5O/c1-3-25(17-10-5-4-6-11-17)20-23-15(2)13-18(24-20)19(26)22-14-16-9-7-8-12-21-16/h4-13H,3,14H2,1-2H3,(H,22,26). The Balaban J connectivity index is 1.81. The summed E-state index contributed by atoms with van der Waals surface area (Å²) >= 11 is 0. The number of anilines is 2. The Morgan fingerprint density at radius 3 is 2.54 bits per heavy atom. The molecule has 1 amide bonds. The summed E-state index contributed by atoms with van der Waals surface area (Å²) in [5.74, 6) is 0.271. The Kier molecular flexibility index (Phi) is 5.53. The second kappa shape index (κ2) is 8.20. The van der Waals surface area contributed by atoms with Crippen LogP contribution in [0.3, 0.4) is 0 Å². The summed E-state index contributed by atoms with van der Waals surface area (Å²) in [6.45, 7) is 4.94. The molecule has 26 heavy (non-hydrogen) atoms. The molecule has 3 aromatic rings. The highest BCUT2D eigenvalue weighted by atomic mass is 16.1. The lowest BCUT2D eigenvalue weighted by atomic mass is 10.3. The van der Waals surface area contributed by atoms with E-state index in [1.807, 2.05) is 67.3 Å². The minimum absolute atomic E-state index is 0.244. The van der Waals surface area contributed by atoms with Crippen molar-refractivity contribution in [1.29, 1.82) is 0 Å². The Morgan fingerprint density at radius 1 is 1.08 bits per heavy atom. The molecule has 0 bridgehead atoms. The van der Waals surface area contributed by atoms with Crippen LogP contribution in [-0.2, 0) is 6.54 Å². The molecule has 0 unspecified atom stereocenters. The highest BCUT2D eigenvalue weighted by Crippen LogP contribution is 2.21. The second-order valence-electron chi connectivity index (χ2n) is 5.78. The zero-order chi connectivity index (χ0) is 18.4. The van der Waals surface area contributed by atoms with Crippen molar-refractivity contribution in [2.24, 2.45) is 0 Å². The van der Waals surface area contributed by atoms with Gasteiger partial charge in [-0.05, 0) is 44.2 Å². The first-order chi connectivity index (χ1) is 12.7. The fourth-order valence-corrected chi connectivity index (χ4v) is 2.60. The minimum Gasteiger partial charge on any atom is -0.345 e. The maximum absolute atomic E-state index is 12.5. The first-order valence-corrected chi connectivity index (χ1v) is 8.53.